The highest BCUT2D eigenvalue weighted by atomic mass is 35.5. The van der Waals surface area contributed by atoms with E-state index in [2.05, 4.69) is 10.2 Å². The van der Waals surface area contributed by atoms with Crippen molar-refractivity contribution in [2.75, 3.05) is 31.6 Å². The van der Waals surface area contributed by atoms with Crippen molar-refractivity contribution in [2.24, 2.45) is 0 Å². The number of phenols is 2. The first-order chi connectivity index (χ1) is 17.8. The highest BCUT2D eigenvalue weighted by Crippen LogP contribution is 2.42. The summed E-state index contributed by atoms with van der Waals surface area (Å²) in [5, 5.41) is 33.9. The number of rotatable bonds is 7. The van der Waals surface area contributed by atoms with E-state index in [9.17, 15) is 20.1 Å². The van der Waals surface area contributed by atoms with E-state index in [-0.39, 0.29) is 40.7 Å². The number of fused-ring (bicyclic) bond motifs is 1. The summed E-state index contributed by atoms with van der Waals surface area (Å²) in [6.07, 6.45) is 1.73. The Kier molecular flexibility index (Phi) is 7.15. The largest absolute Gasteiger partial charge is 0.508 e. The molecule has 0 radical (unpaired) electrons. The second-order valence-corrected chi connectivity index (χ2v) is 10.1. The van der Waals surface area contributed by atoms with Gasteiger partial charge in [-0.25, -0.2) is 0 Å². The molecule has 37 heavy (non-hydrogen) atoms. The molecule has 4 N–H and O–H groups in total. The fourth-order valence-corrected chi connectivity index (χ4v) is 5.14. The van der Waals surface area contributed by atoms with Gasteiger partial charge in [-0.1, -0.05) is 23.7 Å². The number of β-amino-alcohol motifs (C(OH)–C–C–N with tert-alkyl or cyclic N) is 1. The van der Waals surface area contributed by atoms with Crippen molar-refractivity contribution in [2.45, 2.75) is 31.0 Å². The van der Waals surface area contributed by atoms with E-state index < -0.39 is 12.0 Å². The van der Waals surface area contributed by atoms with Crippen LogP contribution < -0.4 is 14.8 Å². The number of likely N-dealkylation sites (tertiary alicyclic amines) is 1. The molecule has 194 valence electrons. The van der Waals surface area contributed by atoms with Gasteiger partial charge in [0, 0.05) is 50.0 Å². The van der Waals surface area contributed by atoms with Crippen LogP contribution in [0.25, 0.3) is 0 Å². The van der Waals surface area contributed by atoms with Crippen LogP contribution in [0.2, 0.25) is 5.02 Å². The molecule has 0 bridgehead atoms. The molecule has 1 fully saturated rings. The molecule has 2 aliphatic rings. The molecule has 2 aliphatic heterocycles. The van der Waals surface area contributed by atoms with Crippen LogP contribution in [0.1, 0.15) is 28.8 Å². The minimum absolute atomic E-state index is 0.0532. The number of hydrogen-bond acceptors (Lipinski definition) is 7. The Morgan fingerprint density at radius 1 is 1.11 bits per heavy atom. The summed E-state index contributed by atoms with van der Waals surface area (Å²) in [5.41, 5.74) is 1.35. The number of halogens is 1. The number of benzene rings is 3. The van der Waals surface area contributed by atoms with Crippen molar-refractivity contribution in [1.29, 1.82) is 0 Å². The average Bonchev–Trinajstić information content (AvgIpc) is 3.22. The van der Waals surface area contributed by atoms with E-state index in [0.29, 0.717) is 11.6 Å². The molecule has 1 spiro atoms. The summed E-state index contributed by atoms with van der Waals surface area (Å²) in [7, 11) is 0. The van der Waals surface area contributed by atoms with Gasteiger partial charge in [0.2, 0.25) is 0 Å². The Morgan fingerprint density at radius 3 is 2.68 bits per heavy atom. The lowest BCUT2D eigenvalue weighted by molar-refractivity contribution is -0.00200. The minimum atomic E-state index is -0.800. The van der Waals surface area contributed by atoms with Crippen LogP contribution in [-0.2, 0) is 6.42 Å². The van der Waals surface area contributed by atoms with E-state index in [1.54, 1.807) is 18.2 Å². The highest BCUT2D eigenvalue weighted by Gasteiger charge is 2.42. The number of aliphatic hydroxyl groups excluding tert-OH is 1. The average molecular weight is 525 g/mol. The van der Waals surface area contributed by atoms with Crippen LogP contribution in [0.4, 0.5) is 5.69 Å². The molecule has 5 rings (SSSR count). The molecule has 1 saturated heterocycles. The number of carbonyl (C=O) groups excluding carboxylic acids is 1. The number of hydrogen-bond donors (Lipinski definition) is 4. The third-order valence-corrected chi connectivity index (χ3v) is 7.13. The summed E-state index contributed by atoms with van der Waals surface area (Å²) in [4.78, 5) is 15.0. The summed E-state index contributed by atoms with van der Waals surface area (Å²) >= 11 is 6.13. The molecule has 0 unspecified atom stereocenters. The summed E-state index contributed by atoms with van der Waals surface area (Å²) < 4.78 is 12.1. The fraction of sp³-hybridized carbons (Fsp3) is 0.321. The van der Waals surface area contributed by atoms with Crippen molar-refractivity contribution in [3.63, 3.8) is 0 Å². The lowest BCUT2D eigenvalue weighted by Gasteiger charge is -2.39. The van der Waals surface area contributed by atoms with Crippen LogP contribution in [0.5, 0.6) is 23.0 Å². The summed E-state index contributed by atoms with van der Waals surface area (Å²) in [6, 6.07) is 16.3. The highest BCUT2D eigenvalue weighted by molar-refractivity contribution is 6.30. The van der Waals surface area contributed by atoms with Crippen molar-refractivity contribution in [3.05, 3.63) is 76.8 Å². The van der Waals surface area contributed by atoms with E-state index in [1.165, 1.54) is 24.3 Å². The monoisotopic (exact) mass is 524 g/mol. The lowest BCUT2D eigenvalue weighted by atomic mass is 9.87. The molecule has 0 saturated carbocycles. The fourth-order valence-electron chi connectivity index (χ4n) is 4.95. The maximum atomic E-state index is 12.8. The van der Waals surface area contributed by atoms with E-state index in [1.807, 2.05) is 18.2 Å². The molecule has 0 aromatic heterocycles. The van der Waals surface area contributed by atoms with E-state index in [0.717, 1.165) is 43.7 Å². The topological polar surface area (TPSA) is 111 Å². The predicted molar refractivity (Wildman–Crippen MR) is 140 cm³/mol. The smallest absolute Gasteiger partial charge is 0.259 e. The van der Waals surface area contributed by atoms with Gasteiger partial charge in [-0.15, -0.1) is 0 Å². The summed E-state index contributed by atoms with van der Waals surface area (Å²) in [6.45, 7) is 1.91. The number of ether oxygens (including phenoxy) is 2. The van der Waals surface area contributed by atoms with Gasteiger partial charge in [0.05, 0.1) is 11.3 Å². The van der Waals surface area contributed by atoms with E-state index >= 15 is 0 Å². The first-order valence-corrected chi connectivity index (χ1v) is 12.6. The normalized spacial score (nSPS) is 17.1. The van der Waals surface area contributed by atoms with Crippen molar-refractivity contribution in [3.8, 4) is 23.0 Å². The van der Waals surface area contributed by atoms with Gasteiger partial charge in [-0.2, -0.15) is 0 Å². The Labute approximate surface area is 220 Å². The van der Waals surface area contributed by atoms with Gasteiger partial charge >= 0.3 is 0 Å². The number of aliphatic hydroxyl groups is 1. The molecule has 1 amide bonds. The molecule has 8 nitrogen and oxygen atoms in total. The Hall–Kier alpha value is -3.46. The number of piperidine rings is 1. The molecule has 3 aromatic rings. The van der Waals surface area contributed by atoms with Crippen molar-refractivity contribution >= 4 is 23.2 Å². The van der Waals surface area contributed by atoms with Crippen LogP contribution >= 0.6 is 11.6 Å². The Bertz CT molecular complexity index is 1290. The van der Waals surface area contributed by atoms with Crippen LogP contribution in [0.15, 0.2) is 60.7 Å². The number of anilines is 1. The van der Waals surface area contributed by atoms with Crippen molar-refractivity contribution < 1.29 is 29.6 Å². The lowest BCUT2D eigenvalue weighted by Crippen LogP contribution is -2.49. The van der Waals surface area contributed by atoms with Crippen LogP contribution in [0.3, 0.4) is 0 Å². The predicted octanol–water partition coefficient (Wildman–Crippen LogP) is 4.21. The number of para-hydroxylation sites is 2. The second-order valence-electron chi connectivity index (χ2n) is 9.63. The number of nitrogens with zero attached hydrogens (tertiary/aromatic N) is 1. The Morgan fingerprint density at radius 2 is 1.89 bits per heavy atom. The molecule has 2 heterocycles. The van der Waals surface area contributed by atoms with Crippen LogP contribution in [0, 0.1) is 0 Å². The molecular formula is C28H29ClN2O6. The number of carbonyl (C=O) groups is 1. The molecule has 9 heteroatoms. The molecule has 0 aliphatic carbocycles. The van der Waals surface area contributed by atoms with Gasteiger partial charge < -0.3 is 35.0 Å². The van der Waals surface area contributed by atoms with Gasteiger partial charge in [0.15, 0.2) is 0 Å². The van der Waals surface area contributed by atoms with Gasteiger partial charge in [0.25, 0.3) is 5.91 Å². The SMILES string of the molecule is O=C(Nc1ccccc1O)c1ccc(O)cc1OC[C@@H](O)CN1CCC2(CC1)Cc1cc(Cl)ccc1O2. The molecular weight excluding hydrogens is 496 g/mol. The molecule has 3 aromatic carbocycles. The van der Waals surface area contributed by atoms with Gasteiger partial charge in [-0.05, 0) is 48.0 Å². The van der Waals surface area contributed by atoms with Crippen LogP contribution in [-0.4, -0.2) is 64.1 Å². The number of amides is 1. The summed E-state index contributed by atoms with van der Waals surface area (Å²) in [5.74, 6) is 0.404. The maximum absolute atomic E-state index is 12.8. The number of nitrogens with one attached hydrogen (secondary N) is 1. The van der Waals surface area contributed by atoms with Gasteiger partial charge in [0.1, 0.15) is 41.3 Å². The first-order valence-electron chi connectivity index (χ1n) is 12.2. The minimum Gasteiger partial charge on any atom is -0.508 e. The maximum Gasteiger partial charge on any atom is 0.259 e. The number of aromatic hydroxyl groups is 2. The Balaban J connectivity index is 1.15. The third kappa shape index (κ3) is 5.77. The second kappa shape index (κ2) is 10.5. The zero-order chi connectivity index (χ0) is 26.0. The standard InChI is InChI=1S/C28H29ClN2O6/c29-19-5-8-25-18(13-19)15-28(37-25)9-11-31(12-10-28)16-21(33)17-36-26-14-20(32)6-7-22(26)27(35)30-23-3-1-2-4-24(23)34/h1-8,13-14,21,32-34H,9-12,15-17H2,(H,30,35)/t21-/m0/s1. The molecule has 1 atom stereocenters. The first kappa shape index (κ1) is 25.2. The third-order valence-electron chi connectivity index (χ3n) is 6.89. The quantitative estimate of drug-likeness (QED) is 0.342. The van der Waals surface area contributed by atoms with E-state index in [4.69, 9.17) is 21.1 Å². The number of phenolic OH excluding ortho intramolecular Hbond substituents is 2. The zero-order valence-electron chi connectivity index (χ0n) is 20.2. The van der Waals surface area contributed by atoms with Crippen molar-refractivity contribution in [1.82, 2.24) is 4.90 Å². The van der Waals surface area contributed by atoms with Gasteiger partial charge in [-0.3, -0.25) is 4.79 Å². The zero-order valence-corrected chi connectivity index (χ0v) is 20.9.